The molecule has 3 N–H and O–H groups in total. The van der Waals surface area contributed by atoms with Gasteiger partial charge in [-0.05, 0) is 49.8 Å². The van der Waals surface area contributed by atoms with Crippen LogP contribution in [0.3, 0.4) is 0 Å². The molecule has 3 aliphatic heterocycles. The van der Waals surface area contributed by atoms with Crippen LogP contribution < -0.4 is 10.6 Å². The molecule has 5 atom stereocenters. The molecule has 38 heavy (non-hydrogen) atoms. The summed E-state index contributed by atoms with van der Waals surface area (Å²) in [6.07, 6.45) is 2.70. The quantitative estimate of drug-likeness (QED) is 0.400. The standard InChI is InChI=1S/C29H34ClN3O5/c1-2-28-14-15-29(38-28)23(22(28)25(35)31-18-19-10-4-3-5-11-19)27(37)33(16-8-9-17-34)24(29)26(36)32-21-13-7-6-12-20(21)30/h3-7,10-13,22-24,34H,2,8-9,14-18H2,1H3,(H,31,35)(H,32,36)/t22-,23+,24?,28+,29?/m1/s1. The van der Waals surface area contributed by atoms with Gasteiger partial charge in [-0.2, -0.15) is 0 Å². The highest BCUT2D eigenvalue weighted by Gasteiger charge is 2.78. The smallest absolute Gasteiger partial charge is 0.250 e. The summed E-state index contributed by atoms with van der Waals surface area (Å²) in [5.41, 5.74) is -0.490. The lowest BCUT2D eigenvalue weighted by atomic mass is 9.65. The van der Waals surface area contributed by atoms with E-state index in [1.165, 1.54) is 0 Å². The summed E-state index contributed by atoms with van der Waals surface area (Å²) in [5, 5.41) is 15.7. The number of ether oxygens (including phenoxy) is 1. The molecule has 3 amide bonds. The number of hydrogen-bond acceptors (Lipinski definition) is 5. The first-order valence-electron chi connectivity index (χ1n) is 13.4. The van der Waals surface area contributed by atoms with E-state index in [1.54, 1.807) is 29.2 Å². The van der Waals surface area contributed by atoms with Crippen molar-refractivity contribution in [3.8, 4) is 0 Å². The second kappa shape index (κ2) is 10.7. The highest BCUT2D eigenvalue weighted by atomic mass is 35.5. The van der Waals surface area contributed by atoms with Crippen LogP contribution in [0.4, 0.5) is 5.69 Å². The van der Waals surface area contributed by atoms with E-state index in [0.717, 1.165) is 5.56 Å². The van der Waals surface area contributed by atoms with Crippen LogP contribution in [0.15, 0.2) is 54.6 Å². The molecule has 3 fully saturated rings. The van der Waals surface area contributed by atoms with Crippen molar-refractivity contribution in [3.63, 3.8) is 0 Å². The normalized spacial score (nSPS) is 29.4. The Balaban J connectivity index is 1.47. The molecule has 0 aliphatic carbocycles. The largest absolute Gasteiger partial charge is 0.396 e. The highest BCUT2D eigenvalue weighted by molar-refractivity contribution is 6.33. The van der Waals surface area contributed by atoms with Gasteiger partial charge in [-0.3, -0.25) is 14.4 Å². The first-order chi connectivity index (χ1) is 18.4. The maximum absolute atomic E-state index is 14.0. The monoisotopic (exact) mass is 539 g/mol. The summed E-state index contributed by atoms with van der Waals surface area (Å²) in [6, 6.07) is 15.7. The van der Waals surface area contributed by atoms with Gasteiger partial charge in [0, 0.05) is 19.7 Å². The van der Waals surface area contributed by atoms with Crippen LogP contribution in [-0.2, 0) is 25.7 Å². The van der Waals surface area contributed by atoms with Crippen LogP contribution in [0, 0.1) is 11.8 Å². The third-order valence-corrected chi connectivity index (χ3v) is 8.79. The molecule has 0 aromatic heterocycles. The highest BCUT2D eigenvalue weighted by Crippen LogP contribution is 2.64. The average Bonchev–Trinajstić information content (AvgIpc) is 3.53. The summed E-state index contributed by atoms with van der Waals surface area (Å²) in [7, 11) is 0. The minimum absolute atomic E-state index is 0.00689. The summed E-state index contributed by atoms with van der Waals surface area (Å²) in [6.45, 7) is 2.60. The van der Waals surface area contributed by atoms with Crippen LogP contribution in [-0.4, -0.2) is 58.1 Å². The van der Waals surface area contributed by atoms with Crippen LogP contribution in [0.2, 0.25) is 5.02 Å². The van der Waals surface area contributed by atoms with E-state index in [4.69, 9.17) is 16.3 Å². The number of aliphatic hydroxyl groups excluding tert-OH is 1. The lowest BCUT2D eigenvalue weighted by Gasteiger charge is -2.34. The molecule has 0 radical (unpaired) electrons. The Morgan fingerprint density at radius 2 is 1.82 bits per heavy atom. The van der Waals surface area contributed by atoms with Crippen molar-refractivity contribution in [2.45, 2.75) is 62.8 Å². The number of para-hydroxylation sites is 1. The molecule has 2 unspecified atom stereocenters. The fourth-order valence-corrected chi connectivity index (χ4v) is 6.89. The van der Waals surface area contributed by atoms with E-state index in [1.807, 2.05) is 37.3 Å². The lowest BCUT2D eigenvalue weighted by Crippen LogP contribution is -2.53. The van der Waals surface area contributed by atoms with E-state index in [0.29, 0.717) is 55.9 Å². The molecule has 2 aromatic rings. The molecule has 2 bridgehead atoms. The number of anilines is 1. The van der Waals surface area contributed by atoms with Crippen molar-refractivity contribution in [3.05, 3.63) is 65.2 Å². The van der Waals surface area contributed by atoms with E-state index in [2.05, 4.69) is 10.6 Å². The van der Waals surface area contributed by atoms with Gasteiger partial charge in [0.05, 0.1) is 28.1 Å². The van der Waals surface area contributed by atoms with Crippen molar-refractivity contribution in [2.24, 2.45) is 11.8 Å². The number of rotatable bonds is 10. The molecule has 0 saturated carbocycles. The number of nitrogens with zero attached hydrogens (tertiary/aromatic N) is 1. The topological polar surface area (TPSA) is 108 Å². The van der Waals surface area contributed by atoms with Crippen molar-refractivity contribution >= 4 is 35.0 Å². The molecule has 1 spiro atoms. The fraction of sp³-hybridized carbons (Fsp3) is 0.483. The summed E-state index contributed by atoms with van der Waals surface area (Å²) in [5.74, 6) is -2.30. The SMILES string of the molecule is CC[C@@]12CCC3(O1)C(C(=O)Nc1ccccc1Cl)N(CCCCO)C(=O)[C@@H]3[C@@H]2C(=O)NCc1ccccc1. The van der Waals surface area contributed by atoms with Gasteiger partial charge in [0.15, 0.2) is 0 Å². The average molecular weight is 540 g/mol. The third kappa shape index (κ3) is 4.38. The molecule has 3 heterocycles. The van der Waals surface area contributed by atoms with Crippen molar-refractivity contribution in [1.82, 2.24) is 10.2 Å². The molecule has 3 aliphatic rings. The van der Waals surface area contributed by atoms with E-state index in [-0.39, 0.29) is 24.3 Å². The van der Waals surface area contributed by atoms with E-state index >= 15 is 0 Å². The molecular weight excluding hydrogens is 506 g/mol. The number of fused-ring (bicyclic) bond motifs is 1. The number of aliphatic hydroxyl groups is 1. The summed E-state index contributed by atoms with van der Waals surface area (Å²) < 4.78 is 6.75. The number of unbranched alkanes of at least 4 members (excludes halogenated alkanes) is 1. The van der Waals surface area contributed by atoms with Crippen molar-refractivity contribution < 1.29 is 24.2 Å². The van der Waals surface area contributed by atoms with Crippen molar-refractivity contribution in [2.75, 3.05) is 18.5 Å². The Kier molecular flexibility index (Phi) is 7.49. The van der Waals surface area contributed by atoms with Gasteiger partial charge < -0.3 is 25.4 Å². The van der Waals surface area contributed by atoms with Gasteiger partial charge in [-0.1, -0.05) is 61.0 Å². The maximum atomic E-state index is 14.0. The van der Waals surface area contributed by atoms with Gasteiger partial charge in [0.25, 0.3) is 0 Å². The predicted octanol–water partition coefficient (Wildman–Crippen LogP) is 3.52. The number of benzene rings is 2. The third-order valence-electron chi connectivity index (χ3n) is 8.46. The molecule has 2 aromatic carbocycles. The Bertz CT molecular complexity index is 1210. The van der Waals surface area contributed by atoms with Gasteiger partial charge in [0.1, 0.15) is 11.6 Å². The number of carbonyl (C=O) groups excluding carboxylic acids is 3. The number of hydrogen-bond donors (Lipinski definition) is 3. The Morgan fingerprint density at radius 3 is 2.53 bits per heavy atom. The molecule has 5 rings (SSSR count). The number of nitrogens with one attached hydrogen (secondary N) is 2. The van der Waals surface area contributed by atoms with Gasteiger partial charge in [-0.25, -0.2) is 0 Å². The lowest BCUT2D eigenvalue weighted by molar-refractivity contribution is -0.146. The predicted molar refractivity (Wildman–Crippen MR) is 143 cm³/mol. The Labute approximate surface area is 227 Å². The zero-order valence-electron chi connectivity index (χ0n) is 21.5. The zero-order chi connectivity index (χ0) is 26.9. The van der Waals surface area contributed by atoms with Gasteiger partial charge in [-0.15, -0.1) is 0 Å². The Hall–Kier alpha value is -2.94. The van der Waals surface area contributed by atoms with Gasteiger partial charge >= 0.3 is 0 Å². The van der Waals surface area contributed by atoms with Crippen LogP contribution in [0.1, 0.15) is 44.6 Å². The first kappa shape index (κ1) is 26.7. The number of halogens is 1. The second-order valence-electron chi connectivity index (χ2n) is 10.5. The Morgan fingerprint density at radius 1 is 1.08 bits per heavy atom. The minimum atomic E-state index is -1.10. The zero-order valence-corrected chi connectivity index (χ0v) is 22.2. The molecule has 9 heteroatoms. The van der Waals surface area contributed by atoms with E-state index < -0.39 is 29.1 Å². The first-order valence-corrected chi connectivity index (χ1v) is 13.7. The number of amides is 3. The van der Waals surface area contributed by atoms with Gasteiger partial charge in [0.2, 0.25) is 17.7 Å². The maximum Gasteiger partial charge on any atom is 0.250 e. The van der Waals surface area contributed by atoms with Crippen LogP contribution in [0.5, 0.6) is 0 Å². The van der Waals surface area contributed by atoms with Crippen LogP contribution >= 0.6 is 11.6 Å². The van der Waals surface area contributed by atoms with Crippen molar-refractivity contribution in [1.29, 1.82) is 0 Å². The van der Waals surface area contributed by atoms with E-state index in [9.17, 15) is 19.5 Å². The fourth-order valence-electron chi connectivity index (χ4n) is 6.71. The second-order valence-corrected chi connectivity index (χ2v) is 10.9. The number of carbonyl (C=O) groups is 3. The molecular formula is C29H34ClN3O5. The number of likely N-dealkylation sites (tertiary alicyclic amines) is 1. The summed E-state index contributed by atoms with van der Waals surface area (Å²) >= 11 is 6.32. The molecule has 3 saturated heterocycles. The summed E-state index contributed by atoms with van der Waals surface area (Å²) in [4.78, 5) is 43.2. The molecule has 8 nitrogen and oxygen atoms in total. The van der Waals surface area contributed by atoms with Crippen LogP contribution in [0.25, 0.3) is 0 Å². The molecule has 202 valence electrons. The minimum Gasteiger partial charge on any atom is -0.396 e.